The van der Waals surface area contributed by atoms with E-state index in [1.807, 2.05) is 6.92 Å². The Balaban J connectivity index is 1.89. The van der Waals surface area contributed by atoms with Gasteiger partial charge in [0, 0.05) is 23.7 Å². The highest BCUT2D eigenvalue weighted by molar-refractivity contribution is 7.09. The molecule has 20 heavy (non-hydrogen) atoms. The lowest BCUT2D eigenvalue weighted by Crippen LogP contribution is -2.32. The lowest BCUT2D eigenvalue weighted by Gasteiger charge is -2.29. The van der Waals surface area contributed by atoms with E-state index in [4.69, 9.17) is 0 Å². The molecular weight excluding hydrogens is 264 g/mol. The van der Waals surface area contributed by atoms with Crippen molar-refractivity contribution in [3.63, 3.8) is 0 Å². The molecule has 0 aliphatic rings. The van der Waals surface area contributed by atoms with Crippen molar-refractivity contribution in [2.75, 3.05) is 0 Å². The summed E-state index contributed by atoms with van der Waals surface area (Å²) in [5.74, 6) is 0. The van der Waals surface area contributed by atoms with E-state index < -0.39 is 0 Å². The highest BCUT2D eigenvalue weighted by atomic mass is 32.1. The second-order valence-corrected chi connectivity index (χ2v) is 7.06. The Morgan fingerprint density at radius 2 is 1.95 bits per heavy atom. The van der Waals surface area contributed by atoms with Crippen LogP contribution in [0, 0.1) is 6.92 Å². The van der Waals surface area contributed by atoms with Gasteiger partial charge >= 0.3 is 0 Å². The van der Waals surface area contributed by atoms with Gasteiger partial charge in [0.15, 0.2) is 0 Å². The first kappa shape index (κ1) is 15.2. The van der Waals surface area contributed by atoms with Crippen LogP contribution in [-0.4, -0.2) is 11.0 Å². The maximum absolute atomic E-state index is 4.49. The number of aryl methyl sites for hydroxylation is 1. The minimum atomic E-state index is 0.187. The Morgan fingerprint density at radius 3 is 2.55 bits per heavy atom. The Morgan fingerprint density at radius 1 is 1.25 bits per heavy atom. The van der Waals surface area contributed by atoms with Gasteiger partial charge in [0.1, 0.15) is 5.01 Å². The Kier molecular flexibility index (Phi) is 4.95. The quantitative estimate of drug-likeness (QED) is 0.857. The molecule has 0 bridgehead atoms. The van der Waals surface area contributed by atoms with E-state index in [2.05, 4.69) is 66.8 Å². The highest BCUT2D eigenvalue weighted by Gasteiger charge is 2.22. The van der Waals surface area contributed by atoms with Gasteiger partial charge in [0.2, 0.25) is 0 Å². The van der Waals surface area contributed by atoms with Crippen molar-refractivity contribution < 1.29 is 0 Å². The van der Waals surface area contributed by atoms with Crippen molar-refractivity contribution in [2.24, 2.45) is 0 Å². The topological polar surface area (TPSA) is 24.9 Å². The number of thiazole rings is 1. The number of hydrogen-bond donors (Lipinski definition) is 1. The summed E-state index contributed by atoms with van der Waals surface area (Å²) in [6, 6.07) is 11.2. The number of aromatic nitrogens is 1. The molecule has 2 rings (SSSR count). The first-order valence-electron chi connectivity index (χ1n) is 7.17. The number of nitrogens with zero attached hydrogens (tertiary/aromatic N) is 1. The molecule has 1 N–H and O–H groups in total. The van der Waals surface area contributed by atoms with E-state index in [9.17, 15) is 0 Å². The van der Waals surface area contributed by atoms with Gasteiger partial charge in [-0.3, -0.25) is 0 Å². The number of rotatable bonds is 6. The second kappa shape index (κ2) is 6.51. The maximum atomic E-state index is 4.49. The van der Waals surface area contributed by atoms with E-state index in [-0.39, 0.29) is 5.41 Å². The first-order chi connectivity index (χ1) is 9.47. The van der Waals surface area contributed by atoms with Gasteiger partial charge in [-0.2, -0.15) is 0 Å². The van der Waals surface area contributed by atoms with Crippen LogP contribution in [0.4, 0.5) is 0 Å². The van der Waals surface area contributed by atoms with Crippen molar-refractivity contribution in [3.8, 4) is 0 Å². The Labute approximate surface area is 126 Å². The van der Waals surface area contributed by atoms with Gasteiger partial charge in [-0.1, -0.05) is 44.2 Å². The monoisotopic (exact) mass is 288 g/mol. The van der Waals surface area contributed by atoms with Crippen LogP contribution in [0.15, 0.2) is 35.7 Å². The molecule has 0 saturated heterocycles. The minimum absolute atomic E-state index is 0.187. The third kappa shape index (κ3) is 4.15. The number of hydrogen-bond acceptors (Lipinski definition) is 3. The number of benzene rings is 1. The third-order valence-corrected chi connectivity index (χ3v) is 4.61. The molecule has 1 heterocycles. The maximum Gasteiger partial charge on any atom is 0.107 e. The van der Waals surface area contributed by atoms with Crippen LogP contribution in [0.5, 0.6) is 0 Å². The zero-order valence-corrected chi connectivity index (χ0v) is 13.6. The summed E-state index contributed by atoms with van der Waals surface area (Å²) in [6.45, 7) is 9.79. The predicted molar refractivity (Wildman–Crippen MR) is 87.2 cm³/mol. The van der Waals surface area contributed by atoms with Gasteiger partial charge in [0.25, 0.3) is 0 Å². The van der Waals surface area contributed by atoms with E-state index in [0.717, 1.165) is 18.7 Å². The fourth-order valence-electron chi connectivity index (χ4n) is 2.59. The first-order valence-corrected chi connectivity index (χ1v) is 8.05. The van der Waals surface area contributed by atoms with Gasteiger partial charge in [-0.25, -0.2) is 4.98 Å². The van der Waals surface area contributed by atoms with Crippen LogP contribution in [-0.2, 0) is 12.0 Å². The molecule has 1 aromatic carbocycles. The smallest absolute Gasteiger partial charge is 0.107 e. The van der Waals surface area contributed by atoms with Crippen LogP contribution < -0.4 is 5.32 Å². The molecule has 0 radical (unpaired) electrons. The lowest BCUT2D eigenvalue weighted by atomic mass is 9.79. The fraction of sp³-hybridized carbons (Fsp3) is 0.471. The van der Waals surface area contributed by atoms with E-state index in [1.165, 1.54) is 10.6 Å². The highest BCUT2D eigenvalue weighted by Crippen LogP contribution is 2.28. The van der Waals surface area contributed by atoms with Crippen LogP contribution >= 0.6 is 11.3 Å². The summed E-state index contributed by atoms with van der Waals surface area (Å²) in [4.78, 5) is 4.49. The Bertz CT molecular complexity index is 531. The molecule has 1 atom stereocenters. The summed E-state index contributed by atoms with van der Waals surface area (Å²) in [5, 5.41) is 6.87. The van der Waals surface area contributed by atoms with Gasteiger partial charge in [-0.15, -0.1) is 11.3 Å². The van der Waals surface area contributed by atoms with Gasteiger partial charge in [-0.05, 0) is 31.2 Å². The summed E-state index contributed by atoms with van der Waals surface area (Å²) in [6.07, 6.45) is 1.11. The molecule has 0 spiro atoms. The van der Waals surface area contributed by atoms with Crippen LogP contribution in [0.3, 0.4) is 0 Å². The van der Waals surface area contributed by atoms with Crippen LogP contribution in [0.25, 0.3) is 0 Å². The standard InChI is InChI=1S/C17H24N2S/c1-13(18-11-16-19-14(2)12-20-16)10-17(3,4)15-8-6-5-7-9-15/h5-9,12-13,18H,10-11H2,1-4H3. The molecule has 1 unspecified atom stereocenters. The van der Waals surface area contributed by atoms with E-state index in [0.29, 0.717) is 6.04 Å². The van der Waals surface area contributed by atoms with Crippen molar-refractivity contribution in [2.45, 2.75) is 52.1 Å². The molecule has 2 nitrogen and oxygen atoms in total. The molecule has 2 aromatic rings. The predicted octanol–water partition coefficient (Wildman–Crippen LogP) is 4.30. The molecular formula is C17H24N2S. The average molecular weight is 288 g/mol. The normalized spacial score (nSPS) is 13.4. The van der Waals surface area contributed by atoms with E-state index in [1.54, 1.807) is 11.3 Å². The van der Waals surface area contributed by atoms with Crippen molar-refractivity contribution in [1.29, 1.82) is 0 Å². The van der Waals surface area contributed by atoms with E-state index >= 15 is 0 Å². The molecule has 0 aliphatic heterocycles. The molecule has 0 amide bonds. The van der Waals surface area contributed by atoms with Gasteiger partial charge in [0.05, 0.1) is 0 Å². The van der Waals surface area contributed by atoms with Crippen molar-refractivity contribution in [3.05, 3.63) is 52.0 Å². The minimum Gasteiger partial charge on any atom is -0.308 e. The zero-order valence-electron chi connectivity index (χ0n) is 12.8. The number of nitrogens with one attached hydrogen (secondary N) is 1. The SMILES string of the molecule is Cc1csc(CNC(C)CC(C)(C)c2ccccc2)n1. The second-order valence-electron chi connectivity index (χ2n) is 6.12. The van der Waals surface area contributed by atoms with Crippen molar-refractivity contribution in [1.82, 2.24) is 10.3 Å². The summed E-state index contributed by atoms with van der Waals surface area (Å²) in [5.41, 5.74) is 2.70. The van der Waals surface area contributed by atoms with Crippen molar-refractivity contribution >= 4 is 11.3 Å². The molecule has 3 heteroatoms. The average Bonchev–Trinajstić information content (AvgIpc) is 2.83. The zero-order chi connectivity index (χ0) is 14.6. The van der Waals surface area contributed by atoms with Crippen LogP contribution in [0.1, 0.15) is 43.5 Å². The van der Waals surface area contributed by atoms with Crippen LogP contribution in [0.2, 0.25) is 0 Å². The molecule has 0 aliphatic carbocycles. The summed E-state index contributed by atoms with van der Waals surface area (Å²) < 4.78 is 0. The molecule has 0 saturated carbocycles. The summed E-state index contributed by atoms with van der Waals surface area (Å²) in [7, 11) is 0. The lowest BCUT2D eigenvalue weighted by molar-refractivity contribution is 0.388. The largest absolute Gasteiger partial charge is 0.308 e. The molecule has 1 aromatic heterocycles. The molecule has 0 fully saturated rings. The summed E-state index contributed by atoms with van der Waals surface area (Å²) >= 11 is 1.73. The Hall–Kier alpha value is -1.19. The third-order valence-electron chi connectivity index (χ3n) is 3.64. The molecule has 108 valence electrons. The fourth-order valence-corrected chi connectivity index (χ4v) is 3.31. The van der Waals surface area contributed by atoms with Gasteiger partial charge < -0.3 is 5.32 Å².